The van der Waals surface area contributed by atoms with E-state index < -0.39 is 0 Å². The van der Waals surface area contributed by atoms with Crippen molar-refractivity contribution in [1.29, 1.82) is 0 Å². The summed E-state index contributed by atoms with van der Waals surface area (Å²) in [6.45, 7) is 0. The van der Waals surface area contributed by atoms with Crippen LogP contribution in [-0.2, 0) is 7.05 Å². The number of phenolic OH excluding ortho intramolecular Hbond substituents is 1. The Bertz CT molecular complexity index is 864. The Morgan fingerprint density at radius 3 is 2.43 bits per heavy atom. The zero-order valence-electron chi connectivity index (χ0n) is 11.8. The van der Waals surface area contributed by atoms with Crippen LogP contribution in [0.3, 0.4) is 0 Å². The number of aromatic hydroxyl groups is 1. The number of pyridine rings is 1. The third kappa shape index (κ3) is 2.25. The van der Waals surface area contributed by atoms with E-state index in [-0.39, 0.29) is 11.2 Å². The highest BCUT2D eigenvalue weighted by atomic mass is 16.5. The van der Waals surface area contributed by atoms with Gasteiger partial charge in [-0.05, 0) is 48.0 Å². The van der Waals surface area contributed by atoms with Gasteiger partial charge in [0.2, 0.25) is 0 Å². The van der Waals surface area contributed by atoms with Crippen LogP contribution >= 0.6 is 0 Å². The lowest BCUT2D eigenvalue weighted by molar-refractivity contribution is 0.415. The lowest BCUT2D eigenvalue weighted by atomic mass is 10.1. The molecule has 1 heterocycles. The summed E-state index contributed by atoms with van der Waals surface area (Å²) < 4.78 is 7.13. The molecule has 3 rings (SSSR count). The Labute approximate surface area is 121 Å². The molecule has 0 saturated heterocycles. The summed E-state index contributed by atoms with van der Waals surface area (Å²) in [5.41, 5.74) is 2.47. The fourth-order valence-electron chi connectivity index (χ4n) is 2.47. The number of hydrogen-bond donors (Lipinski definition) is 1. The number of fused-ring (bicyclic) bond motifs is 1. The van der Waals surface area contributed by atoms with Gasteiger partial charge < -0.3 is 14.4 Å². The summed E-state index contributed by atoms with van der Waals surface area (Å²) in [5, 5.41) is 10.00. The number of nitrogens with zero attached hydrogens (tertiary/aromatic N) is 1. The van der Waals surface area contributed by atoms with E-state index in [0.717, 1.165) is 16.8 Å². The van der Waals surface area contributed by atoms with E-state index >= 15 is 0 Å². The summed E-state index contributed by atoms with van der Waals surface area (Å²) in [7, 11) is 3.49. The van der Waals surface area contributed by atoms with Gasteiger partial charge in [-0.2, -0.15) is 0 Å². The van der Waals surface area contributed by atoms with Crippen molar-refractivity contribution in [3.63, 3.8) is 0 Å². The standard InChI is InChI=1S/C17H15NO3/c1-18-15-8-7-13(21-2)9-14(15)17(20)10-16(18)11-3-5-12(19)6-4-11/h3-10,19H,1-2H3. The second-order valence-electron chi connectivity index (χ2n) is 4.88. The highest BCUT2D eigenvalue weighted by molar-refractivity contribution is 5.83. The second-order valence-corrected chi connectivity index (χ2v) is 4.88. The predicted molar refractivity (Wildman–Crippen MR) is 82.8 cm³/mol. The molecule has 0 amide bonds. The molecule has 0 aliphatic carbocycles. The first kappa shape index (κ1) is 13.2. The van der Waals surface area contributed by atoms with E-state index in [2.05, 4.69) is 0 Å². The number of ether oxygens (including phenoxy) is 1. The van der Waals surface area contributed by atoms with E-state index in [9.17, 15) is 9.90 Å². The molecule has 0 aliphatic heterocycles. The molecule has 1 aromatic heterocycles. The fourth-order valence-corrected chi connectivity index (χ4v) is 2.47. The molecule has 0 fully saturated rings. The number of aryl methyl sites for hydroxylation is 1. The highest BCUT2D eigenvalue weighted by Gasteiger charge is 2.09. The van der Waals surface area contributed by atoms with Crippen LogP contribution in [0.15, 0.2) is 53.3 Å². The summed E-state index contributed by atoms with van der Waals surface area (Å²) in [6.07, 6.45) is 0. The number of phenols is 1. The molecule has 0 radical (unpaired) electrons. The molecule has 4 heteroatoms. The molecule has 1 N–H and O–H groups in total. The highest BCUT2D eigenvalue weighted by Crippen LogP contribution is 2.25. The van der Waals surface area contributed by atoms with Crippen molar-refractivity contribution in [3.8, 4) is 22.8 Å². The molecular weight excluding hydrogens is 266 g/mol. The van der Waals surface area contributed by atoms with Crippen molar-refractivity contribution in [2.75, 3.05) is 7.11 Å². The molecule has 0 unspecified atom stereocenters. The quantitative estimate of drug-likeness (QED) is 0.785. The molecule has 0 spiro atoms. The molecule has 2 aromatic carbocycles. The Morgan fingerprint density at radius 2 is 1.76 bits per heavy atom. The smallest absolute Gasteiger partial charge is 0.190 e. The maximum absolute atomic E-state index is 12.3. The Balaban J connectivity index is 2.29. The SMILES string of the molecule is COc1ccc2c(c1)c(=O)cc(-c1ccc(O)cc1)n2C. The first-order chi connectivity index (χ1) is 10.1. The zero-order valence-corrected chi connectivity index (χ0v) is 11.8. The van der Waals surface area contributed by atoms with Gasteiger partial charge in [-0.1, -0.05) is 0 Å². The van der Waals surface area contributed by atoms with Crippen molar-refractivity contribution in [2.24, 2.45) is 7.05 Å². The van der Waals surface area contributed by atoms with E-state index in [1.54, 1.807) is 43.5 Å². The second kappa shape index (κ2) is 4.98. The number of hydrogen-bond acceptors (Lipinski definition) is 3. The van der Waals surface area contributed by atoms with Gasteiger partial charge in [-0.25, -0.2) is 0 Å². The minimum absolute atomic E-state index is 0.0509. The number of aromatic nitrogens is 1. The lowest BCUT2D eigenvalue weighted by Crippen LogP contribution is -2.09. The normalized spacial score (nSPS) is 10.8. The molecule has 4 nitrogen and oxygen atoms in total. The maximum atomic E-state index is 12.3. The van der Waals surface area contributed by atoms with Crippen LogP contribution in [0.4, 0.5) is 0 Å². The van der Waals surface area contributed by atoms with Gasteiger partial charge in [0.25, 0.3) is 0 Å². The topological polar surface area (TPSA) is 51.5 Å². The van der Waals surface area contributed by atoms with Crippen LogP contribution in [0.5, 0.6) is 11.5 Å². The molecule has 0 aliphatic rings. The van der Waals surface area contributed by atoms with Gasteiger partial charge in [0.05, 0.1) is 18.3 Å². The van der Waals surface area contributed by atoms with Crippen molar-refractivity contribution >= 4 is 10.9 Å². The van der Waals surface area contributed by atoms with Crippen molar-refractivity contribution in [1.82, 2.24) is 4.57 Å². The molecular formula is C17H15NO3. The zero-order chi connectivity index (χ0) is 15.0. The largest absolute Gasteiger partial charge is 0.508 e. The van der Waals surface area contributed by atoms with Gasteiger partial charge in [0.1, 0.15) is 11.5 Å². The van der Waals surface area contributed by atoms with Crippen LogP contribution < -0.4 is 10.2 Å². The number of methoxy groups -OCH3 is 1. The monoisotopic (exact) mass is 281 g/mol. The Kier molecular flexibility index (Phi) is 3.14. The van der Waals surface area contributed by atoms with E-state index in [4.69, 9.17) is 4.74 Å². The predicted octanol–water partition coefficient (Wildman–Crippen LogP) is 2.92. The number of benzene rings is 2. The fraction of sp³-hybridized carbons (Fsp3) is 0.118. The van der Waals surface area contributed by atoms with Crippen molar-refractivity contribution < 1.29 is 9.84 Å². The lowest BCUT2D eigenvalue weighted by Gasteiger charge is -2.13. The van der Waals surface area contributed by atoms with Crippen LogP contribution in [0, 0.1) is 0 Å². The number of rotatable bonds is 2. The van der Waals surface area contributed by atoms with Gasteiger partial charge in [-0.15, -0.1) is 0 Å². The van der Waals surface area contributed by atoms with Gasteiger partial charge >= 0.3 is 0 Å². The molecule has 0 bridgehead atoms. The van der Waals surface area contributed by atoms with Crippen LogP contribution in [0.25, 0.3) is 22.2 Å². The molecule has 0 saturated carbocycles. The molecule has 3 aromatic rings. The Hall–Kier alpha value is -2.75. The summed E-state index contributed by atoms with van der Waals surface area (Å²) >= 11 is 0. The first-order valence-electron chi connectivity index (χ1n) is 6.57. The summed E-state index contributed by atoms with van der Waals surface area (Å²) in [4.78, 5) is 12.3. The third-order valence-corrected chi connectivity index (χ3v) is 3.62. The summed E-state index contributed by atoms with van der Waals surface area (Å²) in [5.74, 6) is 0.867. The summed E-state index contributed by atoms with van der Waals surface area (Å²) in [6, 6.07) is 13.9. The average Bonchev–Trinajstić information content (AvgIpc) is 2.51. The van der Waals surface area contributed by atoms with E-state index in [1.807, 2.05) is 23.7 Å². The van der Waals surface area contributed by atoms with E-state index in [1.165, 1.54) is 0 Å². The van der Waals surface area contributed by atoms with Gasteiger partial charge in [0.15, 0.2) is 5.43 Å². The van der Waals surface area contributed by atoms with E-state index in [0.29, 0.717) is 11.1 Å². The minimum Gasteiger partial charge on any atom is -0.508 e. The van der Waals surface area contributed by atoms with Gasteiger partial charge in [0, 0.05) is 18.5 Å². The van der Waals surface area contributed by atoms with Crippen LogP contribution in [-0.4, -0.2) is 16.8 Å². The molecule has 106 valence electrons. The minimum atomic E-state index is -0.0509. The maximum Gasteiger partial charge on any atom is 0.190 e. The average molecular weight is 281 g/mol. The molecule has 21 heavy (non-hydrogen) atoms. The third-order valence-electron chi connectivity index (χ3n) is 3.62. The van der Waals surface area contributed by atoms with Gasteiger partial charge in [-0.3, -0.25) is 4.79 Å². The first-order valence-corrected chi connectivity index (χ1v) is 6.57. The van der Waals surface area contributed by atoms with Crippen molar-refractivity contribution in [3.05, 3.63) is 58.8 Å². The van der Waals surface area contributed by atoms with Crippen LogP contribution in [0.2, 0.25) is 0 Å². The van der Waals surface area contributed by atoms with Crippen LogP contribution in [0.1, 0.15) is 0 Å². The molecule has 0 atom stereocenters. The Morgan fingerprint density at radius 1 is 1.05 bits per heavy atom. The van der Waals surface area contributed by atoms with Crippen molar-refractivity contribution in [2.45, 2.75) is 0 Å².